The van der Waals surface area contributed by atoms with Crippen molar-refractivity contribution >= 4 is 17.4 Å². The van der Waals surface area contributed by atoms with Crippen molar-refractivity contribution in [3.05, 3.63) is 53.7 Å². The van der Waals surface area contributed by atoms with Crippen LogP contribution in [0.15, 0.2) is 42.6 Å². The molecule has 1 aromatic heterocycles. The Morgan fingerprint density at radius 3 is 2.48 bits per heavy atom. The summed E-state index contributed by atoms with van der Waals surface area (Å²) in [7, 11) is 0. The van der Waals surface area contributed by atoms with Crippen molar-refractivity contribution in [3.8, 4) is 0 Å². The van der Waals surface area contributed by atoms with Crippen LogP contribution in [-0.4, -0.2) is 48.5 Å². The number of hydrogen-bond acceptors (Lipinski definition) is 4. The molecule has 1 aliphatic rings. The van der Waals surface area contributed by atoms with Gasteiger partial charge in [-0.1, -0.05) is 13.0 Å². The highest BCUT2D eigenvalue weighted by molar-refractivity contribution is 6.04. The third-order valence-electron chi connectivity index (χ3n) is 4.60. The summed E-state index contributed by atoms with van der Waals surface area (Å²) in [5.74, 6) is 0.297. The molecule has 3 rings (SSSR count). The second kappa shape index (κ2) is 7.96. The van der Waals surface area contributed by atoms with E-state index in [1.807, 2.05) is 0 Å². The summed E-state index contributed by atoms with van der Waals surface area (Å²) in [6, 6.07) is 7.95. The first-order chi connectivity index (χ1) is 12.9. The van der Waals surface area contributed by atoms with Gasteiger partial charge in [-0.3, -0.25) is 4.79 Å². The molecule has 0 radical (unpaired) electrons. The Bertz CT molecular complexity index is 784. The average molecular weight is 378 g/mol. The summed E-state index contributed by atoms with van der Waals surface area (Å²) in [5, 5.41) is 2.48. The lowest BCUT2D eigenvalue weighted by Crippen LogP contribution is -2.46. The van der Waals surface area contributed by atoms with Crippen LogP contribution in [0.2, 0.25) is 0 Å². The Morgan fingerprint density at radius 1 is 1.15 bits per heavy atom. The maximum Gasteiger partial charge on any atom is 0.416 e. The van der Waals surface area contributed by atoms with Gasteiger partial charge in [-0.2, -0.15) is 13.2 Å². The summed E-state index contributed by atoms with van der Waals surface area (Å²) in [5.41, 5.74) is -0.419. The van der Waals surface area contributed by atoms with Gasteiger partial charge in [0, 0.05) is 38.1 Å². The zero-order valence-corrected chi connectivity index (χ0v) is 15.0. The molecule has 2 heterocycles. The molecule has 0 saturated carbocycles. The monoisotopic (exact) mass is 378 g/mol. The first-order valence-electron chi connectivity index (χ1n) is 8.79. The van der Waals surface area contributed by atoms with Crippen molar-refractivity contribution in [1.82, 2.24) is 9.88 Å². The van der Waals surface area contributed by atoms with Crippen LogP contribution >= 0.6 is 0 Å². The number of alkyl halides is 3. The molecule has 2 aromatic rings. The van der Waals surface area contributed by atoms with E-state index in [2.05, 4.69) is 27.0 Å². The number of hydrogen-bond donors (Lipinski definition) is 1. The van der Waals surface area contributed by atoms with Gasteiger partial charge in [0.25, 0.3) is 5.91 Å². The van der Waals surface area contributed by atoms with Gasteiger partial charge in [0.05, 0.1) is 11.1 Å². The van der Waals surface area contributed by atoms with Crippen molar-refractivity contribution in [1.29, 1.82) is 0 Å². The molecular weight excluding hydrogens is 357 g/mol. The lowest BCUT2D eigenvalue weighted by atomic mass is 10.2. The summed E-state index contributed by atoms with van der Waals surface area (Å²) in [4.78, 5) is 21.1. The number of amides is 1. The number of benzene rings is 1. The second-order valence-corrected chi connectivity index (χ2v) is 6.36. The number of nitrogens with zero attached hydrogens (tertiary/aromatic N) is 3. The van der Waals surface area contributed by atoms with Crippen LogP contribution in [0.1, 0.15) is 22.8 Å². The van der Waals surface area contributed by atoms with Gasteiger partial charge >= 0.3 is 6.18 Å². The van der Waals surface area contributed by atoms with Crippen molar-refractivity contribution in [2.45, 2.75) is 13.1 Å². The molecule has 144 valence electrons. The lowest BCUT2D eigenvalue weighted by Gasteiger charge is -2.34. The molecule has 0 bridgehead atoms. The molecule has 0 unspecified atom stereocenters. The van der Waals surface area contributed by atoms with Crippen LogP contribution in [0.25, 0.3) is 0 Å². The van der Waals surface area contributed by atoms with Gasteiger partial charge in [-0.05, 0) is 36.9 Å². The van der Waals surface area contributed by atoms with Crippen LogP contribution in [0, 0.1) is 0 Å². The van der Waals surface area contributed by atoms with Gasteiger partial charge in [-0.15, -0.1) is 0 Å². The molecule has 0 spiro atoms. The predicted octanol–water partition coefficient (Wildman–Crippen LogP) is 3.49. The Morgan fingerprint density at radius 2 is 1.89 bits per heavy atom. The highest BCUT2D eigenvalue weighted by Gasteiger charge is 2.30. The molecule has 1 N–H and O–H groups in total. The van der Waals surface area contributed by atoms with E-state index in [9.17, 15) is 18.0 Å². The largest absolute Gasteiger partial charge is 0.416 e. The zero-order valence-electron chi connectivity index (χ0n) is 15.0. The molecule has 0 atom stereocenters. The van der Waals surface area contributed by atoms with Crippen LogP contribution in [0.3, 0.4) is 0 Å². The van der Waals surface area contributed by atoms with Crippen molar-refractivity contribution in [3.63, 3.8) is 0 Å². The quantitative estimate of drug-likeness (QED) is 0.885. The smallest absolute Gasteiger partial charge is 0.354 e. The average Bonchev–Trinajstić information content (AvgIpc) is 2.68. The Hall–Kier alpha value is -2.61. The first-order valence-corrected chi connectivity index (χ1v) is 8.79. The lowest BCUT2D eigenvalue weighted by molar-refractivity contribution is -0.137. The predicted molar refractivity (Wildman–Crippen MR) is 98.0 cm³/mol. The van der Waals surface area contributed by atoms with Gasteiger partial charge in [0.2, 0.25) is 0 Å². The number of anilines is 2. The number of halogens is 3. The minimum Gasteiger partial charge on any atom is -0.354 e. The second-order valence-electron chi connectivity index (χ2n) is 6.36. The van der Waals surface area contributed by atoms with Gasteiger partial charge in [-0.25, -0.2) is 4.98 Å². The van der Waals surface area contributed by atoms with Gasteiger partial charge < -0.3 is 15.1 Å². The Balaban J connectivity index is 1.64. The van der Waals surface area contributed by atoms with E-state index < -0.39 is 17.6 Å². The molecule has 8 heteroatoms. The van der Waals surface area contributed by atoms with E-state index in [0.29, 0.717) is 5.56 Å². The minimum absolute atomic E-state index is 0.0922. The number of nitrogens with one attached hydrogen (secondary N) is 1. The molecule has 1 aromatic carbocycles. The topological polar surface area (TPSA) is 48.5 Å². The third-order valence-corrected chi connectivity index (χ3v) is 4.60. The summed E-state index contributed by atoms with van der Waals surface area (Å²) in [6.45, 7) is 6.83. The van der Waals surface area contributed by atoms with Gasteiger partial charge in [0.1, 0.15) is 5.82 Å². The highest BCUT2D eigenvalue weighted by Crippen LogP contribution is 2.30. The number of aromatic nitrogens is 1. The van der Waals surface area contributed by atoms with Crippen LogP contribution < -0.4 is 10.2 Å². The fourth-order valence-electron chi connectivity index (χ4n) is 2.98. The normalized spacial score (nSPS) is 15.6. The van der Waals surface area contributed by atoms with E-state index in [0.717, 1.165) is 50.7 Å². The number of likely N-dealkylation sites (N-methyl/N-ethyl adjacent to an activating group) is 1. The molecular formula is C19H21F3N4O. The molecule has 1 saturated heterocycles. The van der Waals surface area contributed by atoms with E-state index in [1.165, 1.54) is 18.3 Å². The fraction of sp³-hybridized carbons (Fsp3) is 0.368. The number of piperazine rings is 1. The van der Waals surface area contributed by atoms with Crippen LogP contribution in [0.4, 0.5) is 24.7 Å². The van der Waals surface area contributed by atoms with Crippen LogP contribution in [-0.2, 0) is 6.18 Å². The maximum atomic E-state index is 12.8. The van der Waals surface area contributed by atoms with E-state index in [1.54, 1.807) is 12.1 Å². The molecule has 1 aliphatic heterocycles. The van der Waals surface area contributed by atoms with Crippen LogP contribution in [0.5, 0.6) is 0 Å². The summed E-state index contributed by atoms with van der Waals surface area (Å²) < 4.78 is 38.3. The van der Waals surface area contributed by atoms with E-state index >= 15 is 0 Å². The maximum absolute atomic E-state index is 12.8. The van der Waals surface area contributed by atoms with Gasteiger partial charge in [0.15, 0.2) is 0 Å². The number of pyridine rings is 1. The Labute approximate surface area is 155 Å². The van der Waals surface area contributed by atoms with Crippen molar-refractivity contribution in [2.75, 3.05) is 42.9 Å². The zero-order chi connectivity index (χ0) is 19.4. The summed E-state index contributed by atoms with van der Waals surface area (Å²) >= 11 is 0. The number of rotatable bonds is 4. The summed E-state index contributed by atoms with van der Waals surface area (Å²) in [6.07, 6.45) is -3.00. The van der Waals surface area contributed by atoms with E-state index in [-0.39, 0.29) is 5.69 Å². The minimum atomic E-state index is -4.45. The molecule has 1 fully saturated rings. The standard InChI is InChI=1S/C19H21F3N4O/c1-2-25-8-10-26(11-9-25)17-7-6-14(13-23-17)18(27)24-16-5-3-4-15(12-16)19(20,21)22/h3-7,12-13H,2,8-11H2,1H3,(H,24,27). The molecule has 27 heavy (non-hydrogen) atoms. The van der Waals surface area contributed by atoms with Crippen molar-refractivity contribution in [2.24, 2.45) is 0 Å². The molecule has 0 aliphatic carbocycles. The SMILES string of the molecule is CCN1CCN(c2ccc(C(=O)Nc3cccc(C(F)(F)F)c3)cn2)CC1. The molecule has 1 amide bonds. The number of carbonyl (C=O) groups excluding carboxylic acids is 1. The Kier molecular flexibility index (Phi) is 5.65. The number of carbonyl (C=O) groups is 1. The molecule has 5 nitrogen and oxygen atoms in total. The highest BCUT2D eigenvalue weighted by atomic mass is 19.4. The van der Waals surface area contributed by atoms with Crippen molar-refractivity contribution < 1.29 is 18.0 Å². The fourth-order valence-corrected chi connectivity index (χ4v) is 2.98. The third kappa shape index (κ3) is 4.77. The van der Waals surface area contributed by atoms with E-state index in [4.69, 9.17) is 0 Å². The first kappa shape index (κ1) is 19.2.